The lowest BCUT2D eigenvalue weighted by Gasteiger charge is -2.03. The zero-order valence-electron chi connectivity index (χ0n) is 5.90. The van der Waals surface area contributed by atoms with Gasteiger partial charge in [0.2, 0.25) is 0 Å². The van der Waals surface area contributed by atoms with Crippen LogP contribution in [0.4, 0.5) is 0 Å². The average molecular weight is 151 g/mol. The molecule has 3 N–H and O–H groups in total. The predicted molar refractivity (Wildman–Crippen MR) is 41.0 cm³/mol. The number of hydrogen-bond acceptors (Lipinski definition) is 3. The number of aliphatic hydroxyl groups is 1. The van der Waals surface area contributed by atoms with Crippen molar-refractivity contribution in [3.63, 3.8) is 0 Å². The van der Waals surface area contributed by atoms with Crippen molar-refractivity contribution in [1.82, 2.24) is 0 Å². The molecule has 11 heavy (non-hydrogen) atoms. The van der Waals surface area contributed by atoms with Crippen molar-refractivity contribution in [2.45, 2.75) is 6.23 Å². The van der Waals surface area contributed by atoms with Crippen molar-refractivity contribution >= 4 is 6.29 Å². The topological polar surface area (TPSA) is 63.3 Å². The minimum atomic E-state index is -1.00. The molecule has 0 aromatic heterocycles. The molecule has 0 saturated carbocycles. The molecular formula is C8H9NO2. The summed E-state index contributed by atoms with van der Waals surface area (Å²) in [6, 6.07) is 6.54. The van der Waals surface area contributed by atoms with E-state index >= 15 is 0 Å². The van der Waals surface area contributed by atoms with Crippen LogP contribution in [0, 0.1) is 0 Å². The molecule has 0 aliphatic rings. The molecule has 0 amide bonds. The Balaban J connectivity index is 3.00. The van der Waals surface area contributed by atoms with Gasteiger partial charge in [0, 0.05) is 5.56 Å². The van der Waals surface area contributed by atoms with Crippen LogP contribution in [0.3, 0.4) is 0 Å². The van der Waals surface area contributed by atoms with Crippen LogP contribution < -0.4 is 5.73 Å². The van der Waals surface area contributed by atoms with Crippen LogP contribution in [0.2, 0.25) is 0 Å². The standard InChI is InChI=1S/C8H9NO2/c9-8(11)7-3-1-2-6(4-7)5-10/h1-5,8,11H,9H2/t8-/m0/s1. The van der Waals surface area contributed by atoms with E-state index < -0.39 is 6.23 Å². The SMILES string of the molecule is N[C@@H](O)c1cccc(C=O)c1. The summed E-state index contributed by atoms with van der Waals surface area (Å²) in [6.45, 7) is 0. The number of carbonyl (C=O) groups is 1. The largest absolute Gasteiger partial charge is 0.375 e. The van der Waals surface area contributed by atoms with Crippen LogP contribution in [-0.4, -0.2) is 11.4 Å². The van der Waals surface area contributed by atoms with Crippen LogP contribution in [0.1, 0.15) is 22.1 Å². The lowest BCUT2D eigenvalue weighted by Crippen LogP contribution is -2.08. The first-order valence-corrected chi connectivity index (χ1v) is 3.23. The van der Waals surface area contributed by atoms with Crippen LogP contribution in [0.15, 0.2) is 24.3 Å². The zero-order chi connectivity index (χ0) is 8.27. The molecule has 1 aromatic carbocycles. The second kappa shape index (κ2) is 3.27. The van der Waals surface area contributed by atoms with Gasteiger partial charge in [-0.15, -0.1) is 0 Å². The quantitative estimate of drug-likeness (QED) is 0.476. The number of rotatable bonds is 2. The first-order chi connectivity index (χ1) is 5.24. The molecule has 0 aliphatic heterocycles. The van der Waals surface area contributed by atoms with E-state index in [1.165, 1.54) is 0 Å². The van der Waals surface area contributed by atoms with E-state index in [0.29, 0.717) is 17.4 Å². The van der Waals surface area contributed by atoms with Crippen molar-refractivity contribution < 1.29 is 9.90 Å². The summed E-state index contributed by atoms with van der Waals surface area (Å²) >= 11 is 0. The fourth-order valence-corrected chi connectivity index (χ4v) is 0.816. The fraction of sp³-hybridized carbons (Fsp3) is 0.125. The highest BCUT2D eigenvalue weighted by Gasteiger charge is 1.99. The zero-order valence-corrected chi connectivity index (χ0v) is 5.90. The van der Waals surface area contributed by atoms with Gasteiger partial charge in [-0.2, -0.15) is 0 Å². The number of nitrogens with two attached hydrogens (primary N) is 1. The van der Waals surface area contributed by atoms with E-state index in [1.807, 2.05) is 0 Å². The van der Waals surface area contributed by atoms with Gasteiger partial charge in [-0.3, -0.25) is 4.79 Å². The number of aldehydes is 1. The van der Waals surface area contributed by atoms with Gasteiger partial charge >= 0.3 is 0 Å². The molecule has 1 atom stereocenters. The Hall–Kier alpha value is -1.19. The maximum absolute atomic E-state index is 10.3. The summed E-state index contributed by atoms with van der Waals surface area (Å²) in [6.07, 6.45) is -0.291. The van der Waals surface area contributed by atoms with Crippen LogP contribution in [0.5, 0.6) is 0 Å². The van der Waals surface area contributed by atoms with Gasteiger partial charge in [-0.25, -0.2) is 0 Å². The van der Waals surface area contributed by atoms with E-state index in [2.05, 4.69) is 0 Å². The molecule has 0 saturated heterocycles. The number of carbonyl (C=O) groups excluding carboxylic acids is 1. The summed E-state index contributed by atoms with van der Waals surface area (Å²) < 4.78 is 0. The van der Waals surface area contributed by atoms with E-state index in [0.717, 1.165) is 0 Å². The molecule has 0 spiro atoms. The lowest BCUT2D eigenvalue weighted by atomic mass is 10.1. The van der Waals surface area contributed by atoms with Gasteiger partial charge in [0.25, 0.3) is 0 Å². The molecule has 0 radical (unpaired) electrons. The van der Waals surface area contributed by atoms with Gasteiger partial charge in [0.15, 0.2) is 0 Å². The Morgan fingerprint density at radius 1 is 1.55 bits per heavy atom. The van der Waals surface area contributed by atoms with E-state index in [-0.39, 0.29) is 0 Å². The van der Waals surface area contributed by atoms with Crippen LogP contribution >= 0.6 is 0 Å². The second-order valence-electron chi connectivity index (χ2n) is 2.23. The molecule has 0 fully saturated rings. The molecule has 1 aromatic rings. The Morgan fingerprint density at radius 3 is 2.82 bits per heavy atom. The predicted octanol–water partition coefficient (Wildman–Crippen LogP) is 0.449. The monoisotopic (exact) mass is 151 g/mol. The third-order valence-electron chi connectivity index (χ3n) is 1.39. The third kappa shape index (κ3) is 1.86. The van der Waals surface area contributed by atoms with Gasteiger partial charge in [0.05, 0.1) is 0 Å². The highest BCUT2D eigenvalue weighted by Crippen LogP contribution is 2.08. The fourth-order valence-electron chi connectivity index (χ4n) is 0.816. The van der Waals surface area contributed by atoms with Crippen LogP contribution in [-0.2, 0) is 0 Å². The normalized spacial score (nSPS) is 12.5. The Kier molecular flexibility index (Phi) is 2.36. The smallest absolute Gasteiger partial charge is 0.150 e. The minimum Gasteiger partial charge on any atom is -0.375 e. The Labute approximate surface area is 64.5 Å². The molecule has 58 valence electrons. The summed E-state index contributed by atoms with van der Waals surface area (Å²) in [5.74, 6) is 0. The number of hydrogen-bond donors (Lipinski definition) is 2. The number of aliphatic hydroxyl groups excluding tert-OH is 1. The van der Waals surface area contributed by atoms with Crippen LogP contribution in [0.25, 0.3) is 0 Å². The molecular weight excluding hydrogens is 142 g/mol. The van der Waals surface area contributed by atoms with Gasteiger partial charge in [-0.1, -0.05) is 18.2 Å². The first-order valence-electron chi connectivity index (χ1n) is 3.23. The Bertz CT molecular complexity index is 258. The summed E-state index contributed by atoms with van der Waals surface area (Å²) in [4.78, 5) is 10.3. The second-order valence-corrected chi connectivity index (χ2v) is 2.23. The summed E-state index contributed by atoms with van der Waals surface area (Å²) in [5, 5.41) is 8.91. The molecule has 0 aliphatic carbocycles. The minimum absolute atomic E-state index is 0.520. The van der Waals surface area contributed by atoms with Gasteiger partial charge in [0.1, 0.15) is 12.5 Å². The summed E-state index contributed by atoms with van der Waals surface area (Å²) in [5.41, 5.74) is 6.25. The first kappa shape index (κ1) is 7.91. The number of benzene rings is 1. The maximum atomic E-state index is 10.3. The molecule has 0 bridgehead atoms. The van der Waals surface area contributed by atoms with E-state index in [1.54, 1.807) is 24.3 Å². The van der Waals surface area contributed by atoms with E-state index in [9.17, 15) is 4.79 Å². The van der Waals surface area contributed by atoms with Crippen molar-refractivity contribution in [3.8, 4) is 0 Å². The van der Waals surface area contributed by atoms with Crippen molar-refractivity contribution in [2.24, 2.45) is 5.73 Å². The molecule has 0 heterocycles. The highest BCUT2D eigenvalue weighted by molar-refractivity contribution is 5.74. The lowest BCUT2D eigenvalue weighted by molar-refractivity contribution is 0.112. The van der Waals surface area contributed by atoms with Gasteiger partial charge in [-0.05, 0) is 11.6 Å². The molecule has 0 unspecified atom stereocenters. The maximum Gasteiger partial charge on any atom is 0.150 e. The molecule has 3 nitrogen and oxygen atoms in total. The molecule has 1 rings (SSSR count). The van der Waals surface area contributed by atoms with Crippen molar-refractivity contribution in [3.05, 3.63) is 35.4 Å². The van der Waals surface area contributed by atoms with Crippen molar-refractivity contribution in [1.29, 1.82) is 0 Å². The highest BCUT2D eigenvalue weighted by atomic mass is 16.3. The molecule has 3 heteroatoms. The summed E-state index contributed by atoms with van der Waals surface area (Å²) in [7, 11) is 0. The van der Waals surface area contributed by atoms with Gasteiger partial charge < -0.3 is 10.8 Å². The Morgan fingerprint density at radius 2 is 2.27 bits per heavy atom. The average Bonchev–Trinajstić information content (AvgIpc) is 2.05. The van der Waals surface area contributed by atoms with E-state index in [4.69, 9.17) is 10.8 Å². The van der Waals surface area contributed by atoms with Crippen molar-refractivity contribution in [2.75, 3.05) is 0 Å². The third-order valence-corrected chi connectivity index (χ3v) is 1.39.